The van der Waals surface area contributed by atoms with Gasteiger partial charge in [0.25, 0.3) is 0 Å². The van der Waals surface area contributed by atoms with Gasteiger partial charge in [0.1, 0.15) is 10.9 Å². The predicted molar refractivity (Wildman–Crippen MR) is 77.7 cm³/mol. The molecule has 1 atom stereocenters. The van der Waals surface area contributed by atoms with E-state index in [1.807, 2.05) is 13.0 Å². The lowest BCUT2D eigenvalue weighted by Crippen LogP contribution is -2.20. The Morgan fingerprint density at radius 2 is 2.47 bits per heavy atom. The topological polar surface area (TPSA) is 39.2 Å². The molecule has 5 heteroatoms. The van der Waals surface area contributed by atoms with Crippen molar-refractivity contribution in [3.63, 3.8) is 0 Å². The third-order valence-electron chi connectivity index (χ3n) is 3.26. The fraction of sp³-hybridized carbons (Fsp3) is 0.429. The second-order valence-corrected chi connectivity index (χ2v) is 6.53. The van der Waals surface area contributed by atoms with Gasteiger partial charge in [0.2, 0.25) is 0 Å². The highest BCUT2D eigenvalue weighted by Crippen LogP contribution is 2.39. The van der Waals surface area contributed by atoms with E-state index in [2.05, 4.69) is 11.4 Å². The highest BCUT2D eigenvalue weighted by molar-refractivity contribution is 7.21. The van der Waals surface area contributed by atoms with Gasteiger partial charge in [0, 0.05) is 4.88 Å². The lowest BCUT2D eigenvalue weighted by Gasteiger charge is -2.19. The molecule has 0 bridgehead atoms. The van der Waals surface area contributed by atoms with Gasteiger partial charge < -0.3 is 4.74 Å². The predicted octanol–water partition coefficient (Wildman–Crippen LogP) is 3.85. The third-order valence-corrected chi connectivity index (χ3v) is 5.43. The fourth-order valence-electron chi connectivity index (χ4n) is 2.40. The average molecular weight is 293 g/mol. The Bertz CT molecular complexity index is 574. The van der Waals surface area contributed by atoms with E-state index in [9.17, 15) is 4.79 Å². The van der Waals surface area contributed by atoms with Crippen LogP contribution in [-0.4, -0.2) is 17.6 Å². The summed E-state index contributed by atoms with van der Waals surface area (Å²) in [5.41, 5.74) is 0.957. The van der Waals surface area contributed by atoms with Crippen molar-refractivity contribution in [2.45, 2.75) is 32.1 Å². The molecular formula is C14H15NO2S2. The minimum absolute atomic E-state index is 0.119. The standard InChI is InChI=1S/C14H15NO2S2/c1-2-17-14(16)9-5-3-6-10-12(9)15-13(19-10)11-7-4-8-18-11/h4,7-9H,2-3,5-6H2,1H3. The van der Waals surface area contributed by atoms with Crippen LogP contribution >= 0.6 is 22.7 Å². The summed E-state index contributed by atoms with van der Waals surface area (Å²) in [7, 11) is 0. The monoisotopic (exact) mass is 293 g/mol. The number of carbonyl (C=O) groups excluding carboxylic acids is 1. The Hall–Kier alpha value is -1.20. The summed E-state index contributed by atoms with van der Waals surface area (Å²) < 4.78 is 5.17. The maximum Gasteiger partial charge on any atom is 0.315 e. The molecule has 0 aliphatic heterocycles. The molecule has 3 nitrogen and oxygen atoms in total. The molecule has 0 spiro atoms. The van der Waals surface area contributed by atoms with Gasteiger partial charge in [0.05, 0.1) is 17.2 Å². The lowest BCUT2D eigenvalue weighted by molar-refractivity contribution is -0.145. The van der Waals surface area contributed by atoms with E-state index in [4.69, 9.17) is 9.72 Å². The van der Waals surface area contributed by atoms with E-state index < -0.39 is 0 Å². The normalized spacial score (nSPS) is 18.1. The zero-order valence-corrected chi connectivity index (χ0v) is 12.4. The number of nitrogens with zero attached hydrogens (tertiary/aromatic N) is 1. The van der Waals surface area contributed by atoms with Crippen LogP contribution in [0.5, 0.6) is 0 Å². The van der Waals surface area contributed by atoms with Crippen LogP contribution in [0.1, 0.15) is 36.3 Å². The second kappa shape index (κ2) is 5.43. The fourth-order valence-corrected chi connectivity index (χ4v) is 4.36. The van der Waals surface area contributed by atoms with Gasteiger partial charge in [-0.25, -0.2) is 4.98 Å². The van der Waals surface area contributed by atoms with Crippen LogP contribution in [0.25, 0.3) is 9.88 Å². The van der Waals surface area contributed by atoms with Crippen LogP contribution in [0.4, 0.5) is 0 Å². The largest absolute Gasteiger partial charge is 0.465 e. The van der Waals surface area contributed by atoms with Gasteiger partial charge in [0.15, 0.2) is 0 Å². The minimum atomic E-state index is -0.159. The van der Waals surface area contributed by atoms with E-state index in [1.165, 1.54) is 9.75 Å². The number of thiazole rings is 1. The molecule has 1 unspecified atom stereocenters. The summed E-state index contributed by atoms with van der Waals surface area (Å²) in [6, 6.07) is 4.11. The first-order valence-electron chi connectivity index (χ1n) is 6.49. The number of hydrogen-bond acceptors (Lipinski definition) is 5. The van der Waals surface area contributed by atoms with Crippen molar-refractivity contribution in [2.24, 2.45) is 0 Å². The summed E-state index contributed by atoms with van der Waals surface area (Å²) in [6.07, 6.45) is 2.94. The van der Waals surface area contributed by atoms with Gasteiger partial charge in [-0.1, -0.05) is 6.07 Å². The van der Waals surface area contributed by atoms with Crippen molar-refractivity contribution in [3.05, 3.63) is 28.1 Å². The van der Waals surface area contributed by atoms with Crippen LogP contribution in [-0.2, 0) is 16.0 Å². The second-order valence-electron chi connectivity index (χ2n) is 4.50. The molecule has 1 aliphatic carbocycles. The molecule has 0 saturated carbocycles. The molecule has 0 amide bonds. The first kappa shape index (κ1) is 12.8. The van der Waals surface area contributed by atoms with E-state index in [0.29, 0.717) is 6.61 Å². The highest BCUT2D eigenvalue weighted by Gasteiger charge is 2.31. The quantitative estimate of drug-likeness (QED) is 0.807. The number of ether oxygens (including phenoxy) is 1. The first-order chi connectivity index (χ1) is 9.29. The number of hydrogen-bond donors (Lipinski definition) is 0. The molecule has 0 saturated heterocycles. The Balaban J connectivity index is 1.94. The zero-order chi connectivity index (χ0) is 13.2. The van der Waals surface area contributed by atoms with Gasteiger partial charge in [-0.05, 0) is 37.6 Å². The Kier molecular flexibility index (Phi) is 3.66. The molecule has 100 valence electrons. The van der Waals surface area contributed by atoms with Crippen molar-refractivity contribution < 1.29 is 9.53 Å². The zero-order valence-electron chi connectivity index (χ0n) is 10.7. The van der Waals surface area contributed by atoms with Gasteiger partial charge in [-0.2, -0.15) is 0 Å². The maximum atomic E-state index is 12.0. The number of aromatic nitrogens is 1. The molecule has 19 heavy (non-hydrogen) atoms. The molecule has 2 aromatic heterocycles. The maximum absolute atomic E-state index is 12.0. The molecule has 3 rings (SSSR count). The van der Waals surface area contributed by atoms with Gasteiger partial charge in [-0.3, -0.25) is 4.79 Å². The summed E-state index contributed by atoms with van der Waals surface area (Å²) in [6.45, 7) is 2.28. The van der Waals surface area contributed by atoms with Crippen molar-refractivity contribution in [1.29, 1.82) is 0 Å². The molecule has 2 heterocycles. The number of rotatable bonds is 3. The number of esters is 1. The van der Waals surface area contributed by atoms with Crippen molar-refractivity contribution >= 4 is 28.6 Å². The van der Waals surface area contributed by atoms with Crippen LogP contribution in [0.3, 0.4) is 0 Å². The Morgan fingerprint density at radius 3 is 3.21 bits per heavy atom. The van der Waals surface area contributed by atoms with Crippen molar-refractivity contribution in [3.8, 4) is 9.88 Å². The van der Waals surface area contributed by atoms with Gasteiger partial charge >= 0.3 is 5.97 Å². The first-order valence-corrected chi connectivity index (χ1v) is 8.19. The number of aryl methyl sites for hydroxylation is 1. The number of carbonyl (C=O) groups is 1. The molecule has 0 fully saturated rings. The van der Waals surface area contributed by atoms with Crippen molar-refractivity contribution in [1.82, 2.24) is 4.98 Å². The molecule has 0 N–H and O–H groups in total. The molecule has 0 radical (unpaired) electrons. The van der Waals surface area contributed by atoms with Crippen molar-refractivity contribution in [2.75, 3.05) is 6.61 Å². The Morgan fingerprint density at radius 1 is 1.58 bits per heavy atom. The average Bonchev–Trinajstić information content (AvgIpc) is 3.06. The van der Waals surface area contributed by atoms with E-state index >= 15 is 0 Å². The number of fused-ring (bicyclic) bond motifs is 1. The van der Waals surface area contributed by atoms with E-state index in [-0.39, 0.29) is 11.9 Å². The SMILES string of the molecule is CCOC(=O)C1CCCc2sc(-c3cccs3)nc21. The van der Waals surface area contributed by atoms with E-state index in [0.717, 1.165) is 30.0 Å². The molecule has 1 aliphatic rings. The number of thiophene rings is 1. The lowest BCUT2D eigenvalue weighted by atomic mass is 9.91. The minimum Gasteiger partial charge on any atom is -0.465 e. The smallest absolute Gasteiger partial charge is 0.315 e. The summed E-state index contributed by atoms with van der Waals surface area (Å²) in [5, 5.41) is 3.09. The third kappa shape index (κ3) is 2.44. The summed E-state index contributed by atoms with van der Waals surface area (Å²) >= 11 is 3.41. The van der Waals surface area contributed by atoms with Crippen LogP contribution in [0.2, 0.25) is 0 Å². The van der Waals surface area contributed by atoms with E-state index in [1.54, 1.807) is 22.7 Å². The molecule has 0 aromatic carbocycles. The molecule has 2 aromatic rings. The van der Waals surface area contributed by atoms with Crippen LogP contribution < -0.4 is 0 Å². The molecular weight excluding hydrogens is 278 g/mol. The highest BCUT2D eigenvalue weighted by atomic mass is 32.1. The summed E-state index contributed by atoms with van der Waals surface area (Å²) in [5.74, 6) is -0.278. The Labute approximate surface area is 120 Å². The summed E-state index contributed by atoms with van der Waals surface area (Å²) in [4.78, 5) is 19.1. The van der Waals surface area contributed by atoms with Gasteiger partial charge in [-0.15, -0.1) is 22.7 Å². The van der Waals surface area contributed by atoms with Crippen LogP contribution in [0, 0.1) is 0 Å². The van der Waals surface area contributed by atoms with Crippen LogP contribution in [0.15, 0.2) is 17.5 Å².